The van der Waals surface area contributed by atoms with Crippen LogP contribution in [0.15, 0.2) is 30.3 Å². The maximum atomic E-state index is 15.5. The largest absolute Gasteiger partial charge is 0.496 e. The molecule has 8 heteroatoms. The Morgan fingerprint density at radius 3 is 2.59 bits per heavy atom. The van der Waals surface area contributed by atoms with Crippen molar-refractivity contribution in [3.63, 3.8) is 0 Å². The van der Waals surface area contributed by atoms with Gasteiger partial charge in [0, 0.05) is 61.9 Å². The van der Waals surface area contributed by atoms with Crippen LogP contribution in [0.1, 0.15) is 42.1 Å². The number of anilines is 1. The summed E-state index contributed by atoms with van der Waals surface area (Å²) in [4.78, 5) is 2.17. The second-order valence-electron chi connectivity index (χ2n) is 9.56. The van der Waals surface area contributed by atoms with E-state index >= 15 is 4.39 Å². The van der Waals surface area contributed by atoms with Gasteiger partial charge in [-0.05, 0) is 49.6 Å². The van der Waals surface area contributed by atoms with Gasteiger partial charge in [-0.25, -0.2) is 4.39 Å². The van der Waals surface area contributed by atoms with Gasteiger partial charge in [0.1, 0.15) is 23.3 Å². The summed E-state index contributed by atoms with van der Waals surface area (Å²) in [7, 11) is 3.16. The molecule has 1 saturated heterocycles. The molecule has 2 aromatic rings. The van der Waals surface area contributed by atoms with Crippen LogP contribution in [0, 0.1) is 5.41 Å². The smallest absolute Gasteiger partial charge is 0.144 e. The Balaban J connectivity index is 1.82. The van der Waals surface area contributed by atoms with Gasteiger partial charge < -0.3 is 30.7 Å². The zero-order valence-electron chi connectivity index (χ0n) is 20.4. The van der Waals surface area contributed by atoms with Crippen molar-refractivity contribution in [2.45, 2.75) is 44.1 Å². The molecule has 0 aromatic heterocycles. The molecule has 34 heavy (non-hydrogen) atoms. The van der Waals surface area contributed by atoms with Gasteiger partial charge in [-0.15, -0.1) is 0 Å². The second-order valence-corrected chi connectivity index (χ2v) is 9.56. The molecule has 2 heterocycles. The first-order chi connectivity index (χ1) is 16.3. The molecule has 0 saturated carbocycles. The van der Waals surface area contributed by atoms with E-state index in [-0.39, 0.29) is 31.3 Å². The Labute approximate surface area is 200 Å². The minimum atomic E-state index is -1.54. The minimum absolute atomic E-state index is 0.00260. The van der Waals surface area contributed by atoms with Crippen molar-refractivity contribution in [3.05, 3.63) is 52.6 Å². The topological polar surface area (TPSA) is 92.8 Å². The third-order valence-corrected chi connectivity index (χ3v) is 6.77. The zero-order chi connectivity index (χ0) is 24.5. The highest BCUT2D eigenvalue weighted by Crippen LogP contribution is 2.44. The second kappa shape index (κ2) is 9.90. The molecule has 1 fully saturated rings. The molecule has 3 atom stereocenters. The summed E-state index contributed by atoms with van der Waals surface area (Å²) in [6.07, 6.45) is 2.14. The number of fused-ring (bicyclic) bond motifs is 1. The van der Waals surface area contributed by atoms with E-state index < -0.39 is 5.67 Å². The summed E-state index contributed by atoms with van der Waals surface area (Å²) in [6, 6.07) is 9.42. The zero-order valence-corrected chi connectivity index (χ0v) is 20.4. The SMILES string of the molecule is COCC(C)(F)CN1[C@H](c2ccc(OC3CNC3)cc2OC)c2ccc(N)c(C=N)c2C[C@H]1C. The summed E-state index contributed by atoms with van der Waals surface area (Å²) < 4.78 is 32.5. The molecule has 0 radical (unpaired) electrons. The first kappa shape index (κ1) is 24.4. The van der Waals surface area contributed by atoms with Gasteiger partial charge in [0.25, 0.3) is 0 Å². The fraction of sp³-hybridized carbons (Fsp3) is 0.500. The van der Waals surface area contributed by atoms with E-state index in [2.05, 4.69) is 17.1 Å². The van der Waals surface area contributed by atoms with Crippen molar-refractivity contribution in [1.82, 2.24) is 10.2 Å². The summed E-state index contributed by atoms with van der Waals surface area (Å²) in [5.41, 5.74) is 8.94. The minimum Gasteiger partial charge on any atom is -0.496 e. The Morgan fingerprint density at radius 1 is 1.24 bits per heavy atom. The number of nitrogens with one attached hydrogen (secondary N) is 2. The lowest BCUT2D eigenvalue weighted by Crippen LogP contribution is -2.50. The average Bonchev–Trinajstić information content (AvgIpc) is 2.77. The molecule has 2 aromatic carbocycles. The number of nitrogen functional groups attached to an aromatic ring is 1. The number of hydrogen-bond donors (Lipinski definition) is 3. The third kappa shape index (κ3) is 4.76. The Kier molecular flexibility index (Phi) is 7.12. The van der Waals surface area contributed by atoms with Gasteiger partial charge in [-0.3, -0.25) is 4.90 Å². The quantitative estimate of drug-likeness (QED) is 0.385. The molecule has 0 amide bonds. The lowest BCUT2D eigenvalue weighted by Gasteiger charge is -2.45. The van der Waals surface area contributed by atoms with Crippen LogP contribution in [0.2, 0.25) is 0 Å². The standard InChI is InChI=1S/C26H35FN4O3/c1-16-9-21-19(7-8-23(29)22(21)11-28)25(31(16)14-26(2,27)15-32-3)20-6-5-17(10-24(20)33-4)34-18-12-30-13-18/h5-8,10-11,16,18,25,28,30H,9,12-15,29H2,1-4H3/t16-,25+,26?/m1/s1. The summed E-state index contributed by atoms with van der Waals surface area (Å²) >= 11 is 0. The van der Waals surface area contributed by atoms with Gasteiger partial charge >= 0.3 is 0 Å². The maximum absolute atomic E-state index is 15.5. The number of nitrogens with zero attached hydrogens (tertiary/aromatic N) is 1. The van der Waals surface area contributed by atoms with E-state index in [9.17, 15) is 0 Å². The monoisotopic (exact) mass is 470 g/mol. The van der Waals surface area contributed by atoms with Crippen molar-refractivity contribution in [2.24, 2.45) is 0 Å². The van der Waals surface area contributed by atoms with Crippen LogP contribution in [0.5, 0.6) is 11.5 Å². The van der Waals surface area contributed by atoms with Crippen molar-refractivity contribution in [2.75, 3.05) is 46.2 Å². The predicted octanol–water partition coefficient (Wildman–Crippen LogP) is 3.34. The highest BCUT2D eigenvalue weighted by atomic mass is 19.1. The fourth-order valence-electron chi connectivity index (χ4n) is 5.05. The lowest BCUT2D eigenvalue weighted by molar-refractivity contribution is 0.00193. The van der Waals surface area contributed by atoms with E-state index in [0.29, 0.717) is 17.9 Å². The van der Waals surface area contributed by atoms with Gasteiger partial charge in [-0.2, -0.15) is 0 Å². The number of nitrogens with two attached hydrogens (primary N) is 1. The van der Waals surface area contributed by atoms with Crippen LogP contribution in [0.3, 0.4) is 0 Å². The Morgan fingerprint density at radius 2 is 1.97 bits per heavy atom. The average molecular weight is 471 g/mol. The molecule has 0 spiro atoms. The normalized spacial score (nSPS) is 22.4. The summed E-state index contributed by atoms with van der Waals surface area (Å²) in [5.74, 6) is 1.43. The molecule has 184 valence electrons. The van der Waals surface area contributed by atoms with E-state index in [1.165, 1.54) is 13.3 Å². The highest BCUT2D eigenvalue weighted by molar-refractivity contribution is 5.88. The maximum Gasteiger partial charge on any atom is 0.144 e. The number of methoxy groups -OCH3 is 2. The first-order valence-electron chi connectivity index (χ1n) is 11.7. The molecule has 4 rings (SSSR count). The predicted molar refractivity (Wildman–Crippen MR) is 132 cm³/mol. The molecule has 2 aliphatic heterocycles. The van der Waals surface area contributed by atoms with E-state index in [4.69, 9.17) is 25.4 Å². The number of ether oxygens (including phenoxy) is 3. The van der Waals surface area contributed by atoms with Crippen LogP contribution in [-0.4, -0.2) is 69.4 Å². The highest BCUT2D eigenvalue weighted by Gasteiger charge is 2.40. The number of halogens is 1. The number of alkyl halides is 1. The van der Waals surface area contributed by atoms with Crippen LogP contribution in [0.4, 0.5) is 10.1 Å². The van der Waals surface area contributed by atoms with E-state index in [0.717, 1.165) is 41.1 Å². The van der Waals surface area contributed by atoms with Crippen LogP contribution < -0.4 is 20.5 Å². The lowest BCUT2D eigenvalue weighted by atomic mass is 9.81. The molecule has 0 bridgehead atoms. The molecule has 0 aliphatic carbocycles. The van der Waals surface area contributed by atoms with Gasteiger partial charge in [0.2, 0.25) is 0 Å². The number of hydrogen-bond acceptors (Lipinski definition) is 7. The third-order valence-electron chi connectivity index (χ3n) is 6.77. The number of benzene rings is 2. The van der Waals surface area contributed by atoms with Gasteiger partial charge in [0.15, 0.2) is 0 Å². The van der Waals surface area contributed by atoms with Crippen molar-refractivity contribution < 1.29 is 18.6 Å². The van der Waals surface area contributed by atoms with E-state index in [1.54, 1.807) is 14.0 Å². The van der Waals surface area contributed by atoms with Crippen LogP contribution in [0.25, 0.3) is 0 Å². The van der Waals surface area contributed by atoms with Gasteiger partial charge in [-0.1, -0.05) is 6.07 Å². The molecule has 2 aliphatic rings. The molecule has 4 N–H and O–H groups in total. The molecular formula is C26H35FN4O3. The summed E-state index contributed by atoms with van der Waals surface area (Å²) in [5, 5.41) is 11.2. The van der Waals surface area contributed by atoms with E-state index in [1.807, 2.05) is 30.3 Å². The Hall–Kier alpha value is -2.68. The summed E-state index contributed by atoms with van der Waals surface area (Å²) in [6.45, 7) is 5.50. The van der Waals surface area contributed by atoms with Crippen molar-refractivity contribution >= 4 is 11.9 Å². The van der Waals surface area contributed by atoms with Crippen molar-refractivity contribution in [1.29, 1.82) is 5.41 Å². The molecule has 7 nitrogen and oxygen atoms in total. The number of rotatable bonds is 9. The molecule has 1 unspecified atom stereocenters. The fourth-order valence-corrected chi connectivity index (χ4v) is 5.05. The first-order valence-corrected chi connectivity index (χ1v) is 11.7. The van der Waals surface area contributed by atoms with Crippen LogP contribution in [-0.2, 0) is 11.2 Å². The van der Waals surface area contributed by atoms with Crippen LogP contribution >= 0.6 is 0 Å². The van der Waals surface area contributed by atoms with Crippen molar-refractivity contribution in [3.8, 4) is 11.5 Å². The Bertz CT molecular complexity index is 1040. The molecular weight excluding hydrogens is 435 g/mol. The van der Waals surface area contributed by atoms with Gasteiger partial charge in [0.05, 0.1) is 19.8 Å².